The highest BCUT2D eigenvalue weighted by molar-refractivity contribution is 7.99. The summed E-state index contributed by atoms with van der Waals surface area (Å²) in [5.74, 6) is 0.181. The number of sulfonamides is 1. The molecule has 0 aliphatic heterocycles. The fraction of sp³-hybridized carbons (Fsp3) is 0.0870. The van der Waals surface area contributed by atoms with Gasteiger partial charge in [-0.15, -0.1) is 10.2 Å². The number of rotatable bonds is 8. The van der Waals surface area contributed by atoms with Gasteiger partial charge in [-0.05, 0) is 55.5 Å². The lowest BCUT2D eigenvalue weighted by Crippen LogP contribution is -2.13. The Morgan fingerprint density at radius 2 is 1.64 bits per heavy atom. The number of amides is 1. The minimum absolute atomic E-state index is 0.0741. The zero-order chi connectivity index (χ0) is 23.4. The first kappa shape index (κ1) is 22.6. The van der Waals surface area contributed by atoms with Gasteiger partial charge in [-0.25, -0.2) is 8.42 Å². The Morgan fingerprint density at radius 3 is 2.27 bits per heavy atom. The lowest BCUT2D eigenvalue weighted by molar-refractivity contribution is -0.115. The standard InChI is InChI=1S/C23H21N5O3S2/c1-16-7-13-20(14-8-16)33(30,31)27-18-11-9-17(10-12-18)22-25-26-23(32-15-21(24)29)28(22)19-5-3-2-4-6-19/h2-14,27H,15H2,1H3,(H2,24,29). The molecule has 0 spiro atoms. The van der Waals surface area contributed by atoms with Crippen molar-refractivity contribution in [3.63, 3.8) is 0 Å². The van der Waals surface area contributed by atoms with Crippen molar-refractivity contribution in [1.29, 1.82) is 0 Å². The Balaban J connectivity index is 1.64. The Kier molecular flexibility index (Phi) is 6.47. The Hall–Kier alpha value is -3.63. The average Bonchev–Trinajstić information content (AvgIpc) is 3.23. The van der Waals surface area contributed by atoms with Gasteiger partial charge in [-0.1, -0.05) is 47.7 Å². The molecule has 8 nitrogen and oxygen atoms in total. The van der Waals surface area contributed by atoms with Gasteiger partial charge in [0.05, 0.1) is 10.6 Å². The largest absolute Gasteiger partial charge is 0.369 e. The molecule has 0 aliphatic carbocycles. The summed E-state index contributed by atoms with van der Waals surface area (Å²) in [5, 5.41) is 9.06. The van der Waals surface area contributed by atoms with Crippen LogP contribution in [0.4, 0.5) is 5.69 Å². The van der Waals surface area contributed by atoms with Gasteiger partial charge in [-0.3, -0.25) is 14.1 Å². The molecule has 10 heteroatoms. The van der Waals surface area contributed by atoms with Gasteiger partial charge in [0, 0.05) is 16.9 Å². The van der Waals surface area contributed by atoms with Crippen molar-refractivity contribution in [3.8, 4) is 17.1 Å². The molecule has 0 radical (unpaired) electrons. The van der Waals surface area contributed by atoms with Crippen LogP contribution in [-0.4, -0.2) is 34.8 Å². The van der Waals surface area contributed by atoms with Gasteiger partial charge < -0.3 is 5.73 Å². The van der Waals surface area contributed by atoms with E-state index in [1.54, 1.807) is 48.5 Å². The maximum atomic E-state index is 12.7. The minimum atomic E-state index is -3.70. The van der Waals surface area contributed by atoms with E-state index in [9.17, 15) is 13.2 Å². The van der Waals surface area contributed by atoms with Crippen LogP contribution in [0.5, 0.6) is 0 Å². The number of benzene rings is 3. The monoisotopic (exact) mass is 479 g/mol. The number of anilines is 1. The van der Waals surface area contributed by atoms with Crippen LogP contribution in [0.3, 0.4) is 0 Å². The van der Waals surface area contributed by atoms with E-state index in [4.69, 9.17) is 5.73 Å². The number of nitrogens with two attached hydrogens (primary N) is 1. The second-order valence-corrected chi connectivity index (χ2v) is 9.85. The van der Waals surface area contributed by atoms with Crippen LogP contribution in [0.2, 0.25) is 0 Å². The molecule has 4 aromatic rings. The number of para-hydroxylation sites is 1. The number of carbonyl (C=O) groups is 1. The van der Waals surface area contributed by atoms with Crippen molar-refractivity contribution < 1.29 is 13.2 Å². The highest BCUT2D eigenvalue weighted by Crippen LogP contribution is 2.29. The molecule has 168 valence electrons. The number of nitrogens with one attached hydrogen (secondary N) is 1. The average molecular weight is 480 g/mol. The smallest absolute Gasteiger partial charge is 0.261 e. The summed E-state index contributed by atoms with van der Waals surface area (Å²) in [4.78, 5) is 11.4. The first-order valence-corrected chi connectivity index (χ1v) is 12.4. The van der Waals surface area contributed by atoms with E-state index >= 15 is 0 Å². The lowest BCUT2D eigenvalue weighted by Gasteiger charge is -2.11. The molecule has 0 fully saturated rings. The minimum Gasteiger partial charge on any atom is -0.369 e. The predicted octanol–water partition coefficient (Wildman–Crippen LogP) is 3.62. The van der Waals surface area contributed by atoms with Crippen LogP contribution >= 0.6 is 11.8 Å². The van der Waals surface area contributed by atoms with Crippen molar-refractivity contribution in [2.45, 2.75) is 17.0 Å². The number of hydrogen-bond acceptors (Lipinski definition) is 6. The zero-order valence-electron chi connectivity index (χ0n) is 17.7. The molecule has 1 heterocycles. The molecule has 33 heavy (non-hydrogen) atoms. The SMILES string of the molecule is Cc1ccc(S(=O)(=O)Nc2ccc(-c3nnc(SCC(N)=O)n3-c3ccccc3)cc2)cc1. The zero-order valence-corrected chi connectivity index (χ0v) is 19.3. The highest BCUT2D eigenvalue weighted by Gasteiger charge is 2.18. The van der Waals surface area contributed by atoms with E-state index < -0.39 is 15.9 Å². The molecular weight excluding hydrogens is 458 g/mol. The number of carbonyl (C=O) groups excluding carboxylic acids is 1. The van der Waals surface area contributed by atoms with Gasteiger partial charge in [0.25, 0.3) is 10.0 Å². The van der Waals surface area contributed by atoms with Crippen molar-refractivity contribution >= 4 is 33.4 Å². The van der Waals surface area contributed by atoms with Crippen molar-refractivity contribution in [2.24, 2.45) is 5.73 Å². The molecule has 3 N–H and O–H groups in total. The molecular formula is C23H21N5O3S2. The van der Waals surface area contributed by atoms with Gasteiger partial charge >= 0.3 is 0 Å². The number of aryl methyl sites for hydroxylation is 1. The molecule has 0 saturated carbocycles. The maximum Gasteiger partial charge on any atom is 0.261 e. The summed E-state index contributed by atoms with van der Waals surface area (Å²) in [6.45, 7) is 1.90. The van der Waals surface area contributed by atoms with Crippen LogP contribution in [-0.2, 0) is 14.8 Å². The number of thioether (sulfide) groups is 1. The molecule has 1 amide bonds. The third kappa shape index (κ3) is 5.24. The summed E-state index contributed by atoms with van der Waals surface area (Å²) in [6, 6.07) is 23.0. The first-order valence-electron chi connectivity index (χ1n) is 9.95. The molecule has 0 aliphatic rings. The molecule has 3 aromatic carbocycles. The predicted molar refractivity (Wildman–Crippen MR) is 129 cm³/mol. The highest BCUT2D eigenvalue weighted by atomic mass is 32.2. The van der Waals surface area contributed by atoms with E-state index in [2.05, 4.69) is 14.9 Å². The number of aromatic nitrogens is 3. The summed E-state index contributed by atoms with van der Waals surface area (Å²) >= 11 is 1.20. The quantitative estimate of drug-likeness (QED) is 0.373. The first-order chi connectivity index (χ1) is 15.8. The van der Waals surface area contributed by atoms with Crippen LogP contribution in [0.15, 0.2) is 88.9 Å². The summed E-state index contributed by atoms with van der Waals surface area (Å²) < 4.78 is 29.7. The Bertz CT molecular complexity index is 1370. The van der Waals surface area contributed by atoms with Crippen molar-refractivity contribution in [2.75, 3.05) is 10.5 Å². The second kappa shape index (κ2) is 9.47. The topological polar surface area (TPSA) is 120 Å². The maximum absolute atomic E-state index is 12.7. The van der Waals surface area contributed by atoms with Crippen LogP contribution in [0.25, 0.3) is 17.1 Å². The van der Waals surface area contributed by atoms with Gasteiger partial charge in [0.15, 0.2) is 11.0 Å². The van der Waals surface area contributed by atoms with E-state index in [1.807, 2.05) is 41.8 Å². The summed E-state index contributed by atoms with van der Waals surface area (Å²) in [7, 11) is -3.70. The van der Waals surface area contributed by atoms with Crippen LogP contribution < -0.4 is 10.5 Å². The number of nitrogens with zero attached hydrogens (tertiary/aromatic N) is 3. The third-order valence-electron chi connectivity index (χ3n) is 4.72. The van der Waals surface area contributed by atoms with Crippen molar-refractivity contribution in [3.05, 3.63) is 84.4 Å². The number of hydrogen-bond donors (Lipinski definition) is 2. The Morgan fingerprint density at radius 1 is 0.970 bits per heavy atom. The van der Waals surface area contributed by atoms with E-state index in [0.29, 0.717) is 16.7 Å². The molecule has 1 aromatic heterocycles. The molecule has 0 atom stereocenters. The summed E-state index contributed by atoms with van der Waals surface area (Å²) in [5.41, 5.74) is 8.25. The van der Waals surface area contributed by atoms with Crippen LogP contribution in [0.1, 0.15) is 5.56 Å². The van der Waals surface area contributed by atoms with Gasteiger partial charge in [-0.2, -0.15) is 0 Å². The van der Waals surface area contributed by atoms with E-state index in [0.717, 1.165) is 16.8 Å². The molecule has 0 unspecified atom stereocenters. The normalized spacial score (nSPS) is 11.3. The van der Waals surface area contributed by atoms with Crippen LogP contribution in [0, 0.1) is 6.92 Å². The number of primary amides is 1. The van der Waals surface area contributed by atoms with Crippen molar-refractivity contribution in [1.82, 2.24) is 14.8 Å². The van der Waals surface area contributed by atoms with Gasteiger partial charge in [0.1, 0.15) is 0 Å². The van der Waals surface area contributed by atoms with E-state index in [-0.39, 0.29) is 10.6 Å². The molecule has 4 rings (SSSR count). The molecule has 0 saturated heterocycles. The lowest BCUT2D eigenvalue weighted by atomic mass is 10.2. The fourth-order valence-corrected chi connectivity index (χ4v) is 4.86. The second-order valence-electron chi connectivity index (χ2n) is 7.23. The third-order valence-corrected chi connectivity index (χ3v) is 7.07. The van der Waals surface area contributed by atoms with E-state index in [1.165, 1.54) is 11.8 Å². The molecule has 0 bridgehead atoms. The fourth-order valence-electron chi connectivity index (χ4n) is 3.11. The summed E-state index contributed by atoms with van der Waals surface area (Å²) in [6.07, 6.45) is 0. The Labute approximate surface area is 195 Å². The van der Waals surface area contributed by atoms with Gasteiger partial charge in [0.2, 0.25) is 5.91 Å².